The van der Waals surface area contributed by atoms with Crippen molar-refractivity contribution in [1.82, 2.24) is 0 Å². The van der Waals surface area contributed by atoms with Crippen LogP contribution in [0.2, 0.25) is 0 Å². The molecule has 4 heteroatoms. The van der Waals surface area contributed by atoms with Gasteiger partial charge in [-0.15, -0.1) is 11.3 Å². The molecule has 3 nitrogen and oxygen atoms in total. The van der Waals surface area contributed by atoms with Gasteiger partial charge in [0.05, 0.1) is 10.4 Å². The second-order valence-electron chi connectivity index (χ2n) is 4.04. The number of ketones is 1. The molecule has 2 aromatic rings. The van der Waals surface area contributed by atoms with Crippen molar-refractivity contribution in [3.05, 3.63) is 63.4 Å². The Labute approximate surface area is 114 Å². The third-order valence-electron chi connectivity index (χ3n) is 2.57. The van der Waals surface area contributed by atoms with E-state index in [1.807, 2.05) is 13.0 Å². The summed E-state index contributed by atoms with van der Waals surface area (Å²) in [6.07, 6.45) is 3.18. The zero-order valence-electron chi connectivity index (χ0n) is 10.3. The first-order valence-corrected chi connectivity index (χ1v) is 6.50. The molecule has 0 radical (unpaired) electrons. The van der Waals surface area contributed by atoms with Crippen molar-refractivity contribution >= 4 is 29.2 Å². The molecule has 96 valence electrons. The highest BCUT2D eigenvalue weighted by Crippen LogP contribution is 2.16. The Morgan fingerprint density at radius 3 is 2.32 bits per heavy atom. The third-order valence-corrected chi connectivity index (χ3v) is 3.58. The van der Waals surface area contributed by atoms with Crippen LogP contribution in [0.4, 0.5) is 0 Å². The van der Waals surface area contributed by atoms with E-state index in [0.717, 1.165) is 10.4 Å². The predicted octanol–water partition coefficient (Wildman–Crippen LogP) is 3.65. The van der Waals surface area contributed by atoms with Crippen molar-refractivity contribution in [3.63, 3.8) is 0 Å². The van der Waals surface area contributed by atoms with Crippen molar-refractivity contribution in [2.75, 3.05) is 0 Å². The van der Waals surface area contributed by atoms with Crippen LogP contribution < -0.4 is 0 Å². The number of allylic oxidation sites excluding steroid dienone is 1. The van der Waals surface area contributed by atoms with Gasteiger partial charge in [0.15, 0.2) is 5.78 Å². The van der Waals surface area contributed by atoms with Gasteiger partial charge in [0.1, 0.15) is 0 Å². The van der Waals surface area contributed by atoms with Gasteiger partial charge in [0, 0.05) is 4.88 Å². The van der Waals surface area contributed by atoms with Gasteiger partial charge in [-0.2, -0.15) is 0 Å². The number of carboxylic acid groups (broad SMARTS) is 1. The van der Waals surface area contributed by atoms with E-state index in [1.54, 1.807) is 24.3 Å². The molecule has 0 aliphatic heterocycles. The molecule has 0 aliphatic carbocycles. The molecule has 1 aromatic carbocycles. The summed E-state index contributed by atoms with van der Waals surface area (Å²) in [7, 11) is 0. The molecule has 1 N–H and O–H groups in total. The lowest BCUT2D eigenvalue weighted by Crippen LogP contribution is -1.95. The van der Waals surface area contributed by atoms with Crippen LogP contribution in [0, 0.1) is 6.92 Å². The van der Waals surface area contributed by atoms with Gasteiger partial charge >= 0.3 is 5.97 Å². The smallest absolute Gasteiger partial charge is 0.335 e. The van der Waals surface area contributed by atoms with E-state index in [1.165, 1.54) is 29.5 Å². The number of thiophene rings is 1. The number of carbonyl (C=O) groups is 2. The summed E-state index contributed by atoms with van der Waals surface area (Å²) in [4.78, 5) is 24.3. The normalized spacial score (nSPS) is 10.8. The Morgan fingerprint density at radius 2 is 1.79 bits per heavy atom. The number of hydrogen-bond donors (Lipinski definition) is 1. The minimum Gasteiger partial charge on any atom is -0.478 e. The number of rotatable bonds is 4. The Balaban J connectivity index is 2.10. The van der Waals surface area contributed by atoms with Crippen molar-refractivity contribution in [2.45, 2.75) is 6.92 Å². The van der Waals surface area contributed by atoms with E-state index in [0.29, 0.717) is 4.88 Å². The van der Waals surface area contributed by atoms with Gasteiger partial charge < -0.3 is 5.11 Å². The van der Waals surface area contributed by atoms with Gasteiger partial charge in [-0.1, -0.05) is 18.2 Å². The zero-order chi connectivity index (χ0) is 13.8. The molecule has 2 rings (SSSR count). The molecule has 0 amide bonds. The molecule has 1 aromatic heterocycles. The van der Waals surface area contributed by atoms with E-state index in [9.17, 15) is 9.59 Å². The summed E-state index contributed by atoms with van der Waals surface area (Å²) in [6, 6.07) is 10.1. The van der Waals surface area contributed by atoms with E-state index in [-0.39, 0.29) is 11.3 Å². The van der Waals surface area contributed by atoms with E-state index >= 15 is 0 Å². The van der Waals surface area contributed by atoms with Crippen LogP contribution in [-0.2, 0) is 0 Å². The lowest BCUT2D eigenvalue weighted by molar-refractivity contribution is 0.0696. The molecule has 0 bridgehead atoms. The number of carbonyl (C=O) groups excluding carboxylic acids is 1. The van der Waals surface area contributed by atoms with E-state index < -0.39 is 5.97 Å². The summed E-state index contributed by atoms with van der Waals surface area (Å²) in [5, 5.41) is 8.77. The van der Waals surface area contributed by atoms with Crippen molar-refractivity contribution < 1.29 is 14.7 Å². The molecule has 0 fully saturated rings. The van der Waals surface area contributed by atoms with E-state index in [2.05, 4.69) is 0 Å². The number of hydrogen-bond acceptors (Lipinski definition) is 3. The molecule has 0 spiro atoms. The van der Waals surface area contributed by atoms with Crippen LogP contribution in [0.3, 0.4) is 0 Å². The first-order valence-electron chi connectivity index (χ1n) is 5.68. The maximum Gasteiger partial charge on any atom is 0.335 e. The highest BCUT2D eigenvalue weighted by atomic mass is 32.1. The van der Waals surface area contributed by atoms with Crippen molar-refractivity contribution in [3.8, 4) is 0 Å². The van der Waals surface area contributed by atoms with Crippen LogP contribution >= 0.6 is 11.3 Å². The van der Waals surface area contributed by atoms with Crippen molar-refractivity contribution in [1.29, 1.82) is 0 Å². The monoisotopic (exact) mass is 272 g/mol. The summed E-state index contributed by atoms with van der Waals surface area (Å²) < 4.78 is 0. The largest absolute Gasteiger partial charge is 0.478 e. The average molecular weight is 272 g/mol. The van der Waals surface area contributed by atoms with E-state index in [4.69, 9.17) is 5.11 Å². The third kappa shape index (κ3) is 3.39. The highest BCUT2D eigenvalue weighted by molar-refractivity contribution is 7.14. The van der Waals surface area contributed by atoms with Crippen LogP contribution in [0.15, 0.2) is 42.5 Å². The topological polar surface area (TPSA) is 54.4 Å². The molecular weight excluding hydrogens is 260 g/mol. The first-order chi connectivity index (χ1) is 9.06. The number of aryl methyl sites for hydroxylation is 1. The lowest BCUT2D eigenvalue weighted by atomic mass is 10.1. The maximum atomic E-state index is 11.8. The molecule has 0 saturated carbocycles. The summed E-state index contributed by atoms with van der Waals surface area (Å²) in [6.45, 7) is 1.95. The van der Waals surface area contributed by atoms with Crippen LogP contribution in [0.25, 0.3) is 6.08 Å². The minimum absolute atomic E-state index is 0.0413. The quantitative estimate of drug-likeness (QED) is 0.682. The zero-order valence-corrected chi connectivity index (χ0v) is 11.1. The predicted molar refractivity (Wildman–Crippen MR) is 75.8 cm³/mol. The second kappa shape index (κ2) is 5.63. The van der Waals surface area contributed by atoms with Crippen molar-refractivity contribution in [2.24, 2.45) is 0 Å². The molecular formula is C15H12O3S. The molecule has 19 heavy (non-hydrogen) atoms. The average Bonchev–Trinajstić information content (AvgIpc) is 2.83. The first kappa shape index (κ1) is 13.2. The molecule has 1 heterocycles. The Bertz CT molecular complexity index is 636. The van der Waals surface area contributed by atoms with Crippen LogP contribution in [0.1, 0.15) is 30.5 Å². The fourth-order valence-corrected chi connectivity index (χ4v) is 2.35. The molecule has 0 aliphatic rings. The summed E-state index contributed by atoms with van der Waals surface area (Å²) in [5.74, 6) is -0.999. The van der Waals surface area contributed by atoms with Gasteiger partial charge in [-0.3, -0.25) is 4.79 Å². The molecule has 0 saturated heterocycles. The van der Waals surface area contributed by atoms with Crippen LogP contribution in [-0.4, -0.2) is 16.9 Å². The summed E-state index contributed by atoms with van der Waals surface area (Å²) in [5.41, 5.74) is 1.03. The molecule has 0 unspecified atom stereocenters. The van der Waals surface area contributed by atoms with Crippen LogP contribution in [0.5, 0.6) is 0 Å². The SMILES string of the molecule is Cc1ccc(C(=O)/C=C/c2ccc(C(=O)O)cc2)s1. The van der Waals surface area contributed by atoms with Gasteiger partial charge in [-0.25, -0.2) is 4.79 Å². The number of carboxylic acids is 1. The minimum atomic E-state index is -0.958. The summed E-state index contributed by atoms with van der Waals surface area (Å²) >= 11 is 1.46. The fourth-order valence-electron chi connectivity index (χ4n) is 1.56. The van der Waals surface area contributed by atoms with Gasteiger partial charge in [0.2, 0.25) is 0 Å². The van der Waals surface area contributed by atoms with Gasteiger partial charge in [-0.05, 0) is 42.8 Å². The Hall–Kier alpha value is -2.20. The second-order valence-corrected chi connectivity index (χ2v) is 5.32. The standard InChI is InChI=1S/C15H12O3S/c1-10-2-9-14(19-10)13(16)8-5-11-3-6-12(7-4-11)15(17)18/h2-9H,1H3,(H,17,18)/b8-5+. The highest BCUT2D eigenvalue weighted by Gasteiger charge is 2.04. The number of aromatic carboxylic acids is 1. The maximum absolute atomic E-state index is 11.8. The lowest BCUT2D eigenvalue weighted by Gasteiger charge is -1.95. The number of benzene rings is 1. The fraction of sp³-hybridized carbons (Fsp3) is 0.0667. The molecule has 0 atom stereocenters. The Kier molecular flexibility index (Phi) is 3.92. The Morgan fingerprint density at radius 1 is 1.11 bits per heavy atom. The van der Waals surface area contributed by atoms with Gasteiger partial charge in [0.25, 0.3) is 0 Å².